The molecule has 3 N–H and O–H groups in total. The summed E-state index contributed by atoms with van der Waals surface area (Å²) in [6, 6.07) is 0. The number of halogens is 2. The van der Waals surface area contributed by atoms with Crippen molar-refractivity contribution < 1.29 is 18.7 Å². The summed E-state index contributed by atoms with van der Waals surface area (Å²) >= 11 is 0. The Kier molecular flexibility index (Phi) is 1.88. The van der Waals surface area contributed by atoms with Gasteiger partial charge in [-0.15, -0.1) is 10.2 Å². The quantitative estimate of drug-likeness (QED) is 0.681. The summed E-state index contributed by atoms with van der Waals surface area (Å²) in [5, 5.41) is 17.6. The molecule has 0 atom stereocenters. The number of carboxylic acid groups (broad SMARTS) is 1. The van der Waals surface area contributed by atoms with Gasteiger partial charge < -0.3 is 15.4 Å². The standard InChI is InChI=1S/C7H8F2N4O2/c8-7(9)1-6(2-7,12-5(14)15)4-10-3-11-13-4/h3,12H,1-2H2,(H,14,15)(H,10,11,13). The van der Waals surface area contributed by atoms with Gasteiger partial charge in [-0.25, -0.2) is 13.6 Å². The van der Waals surface area contributed by atoms with Crippen LogP contribution in [0.1, 0.15) is 18.7 Å². The van der Waals surface area contributed by atoms with Gasteiger partial charge in [-0.2, -0.15) is 0 Å². The Morgan fingerprint density at radius 1 is 1.60 bits per heavy atom. The predicted octanol–water partition coefficient (Wildman–Crippen LogP) is 0.697. The molecule has 0 radical (unpaired) electrons. The van der Waals surface area contributed by atoms with E-state index in [4.69, 9.17) is 5.11 Å². The van der Waals surface area contributed by atoms with Crippen LogP contribution in [0.3, 0.4) is 0 Å². The summed E-state index contributed by atoms with van der Waals surface area (Å²) < 4.78 is 25.6. The van der Waals surface area contributed by atoms with Crippen LogP contribution in [0.15, 0.2) is 6.33 Å². The Morgan fingerprint density at radius 3 is 2.67 bits per heavy atom. The minimum absolute atomic E-state index is 0.121. The van der Waals surface area contributed by atoms with Gasteiger partial charge in [0.25, 0.3) is 5.92 Å². The van der Waals surface area contributed by atoms with E-state index in [2.05, 4.69) is 20.5 Å². The smallest absolute Gasteiger partial charge is 0.405 e. The highest BCUT2D eigenvalue weighted by atomic mass is 19.3. The summed E-state index contributed by atoms with van der Waals surface area (Å²) in [6.45, 7) is 0. The molecule has 0 bridgehead atoms. The van der Waals surface area contributed by atoms with Crippen molar-refractivity contribution in [2.45, 2.75) is 24.3 Å². The Hall–Kier alpha value is -1.73. The van der Waals surface area contributed by atoms with Crippen molar-refractivity contribution >= 4 is 6.09 Å². The molecule has 0 saturated heterocycles. The lowest BCUT2D eigenvalue weighted by atomic mass is 9.73. The van der Waals surface area contributed by atoms with Gasteiger partial charge in [0.1, 0.15) is 11.9 Å². The number of nitrogens with zero attached hydrogens (tertiary/aromatic N) is 2. The fraction of sp³-hybridized carbons (Fsp3) is 0.571. The second kappa shape index (κ2) is 2.88. The van der Waals surface area contributed by atoms with Gasteiger partial charge in [-0.1, -0.05) is 0 Å². The first-order chi connectivity index (χ1) is 6.94. The highest BCUT2D eigenvalue weighted by Gasteiger charge is 2.60. The van der Waals surface area contributed by atoms with Gasteiger partial charge in [0.05, 0.1) is 0 Å². The first-order valence-electron chi connectivity index (χ1n) is 4.19. The maximum absolute atomic E-state index is 12.8. The van der Waals surface area contributed by atoms with Crippen molar-refractivity contribution in [2.24, 2.45) is 0 Å². The molecule has 0 spiro atoms. The third-order valence-corrected chi connectivity index (χ3v) is 2.34. The van der Waals surface area contributed by atoms with Crippen LogP contribution < -0.4 is 5.32 Å². The Bertz CT molecular complexity index is 370. The highest BCUT2D eigenvalue weighted by molar-refractivity contribution is 5.66. The fourth-order valence-electron chi connectivity index (χ4n) is 1.79. The van der Waals surface area contributed by atoms with Crippen LogP contribution in [0.4, 0.5) is 13.6 Å². The molecule has 1 aromatic rings. The van der Waals surface area contributed by atoms with Crippen molar-refractivity contribution in [1.29, 1.82) is 0 Å². The first-order valence-corrected chi connectivity index (χ1v) is 4.19. The first kappa shape index (κ1) is 9.81. The summed E-state index contributed by atoms with van der Waals surface area (Å²) in [4.78, 5) is 13.0. The molecule has 2 rings (SSSR count). The topological polar surface area (TPSA) is 90.9 Å². The number of aromatic nitrogens is 3. The molecule has 1 saturated carbocycles. The minimum atomic E-state index is -2.85. The second-order valence-electron chi connectivity index (χ2n) is 3.56. The van der Waals surface area contributed by atoms with E-state index in [9.17, 15) is 13.6 Å². The molecule has 1 fully saturated rings. The maximum Gasteiger partial charge on any atom is 0.405 e. The van der Waals surface area contributed by atoms with Crippen molar-refractivity contribution in [2.75, 3.05) is 0 Å². The summed E-state index contributed by atoms with van der Waals surface area (Å²) in [5.41, 5.74) is -1.33. The number of hydrogen-bond donors (Lipinski definition) is 3. The summed E-state index contributed by atoms with van der Waals surface area (Å²) in [5.74, 6) is -2.73. The molecule has 0 aromatic carbocycles. The zero-order chi connectivity index (χ0) is 11.1. The van der Waals surface area contributed by atoms with Crippen molar-refractivity contribution in [3.63, 3.8) is 0 Å². The lowest BCUT2D eigenvalue weighted by Crippen LogP contribution is -2.60. The van der Waals surface area contributed by atoms with Gasteiger partial charge in [0.15, 0.2) is 5.82 Å². The van der Waals surface area contributed by atoms with Gasteiger partial charge in [0.2, 0.25) is 0 Å². The fourth-order valence-corrected chi connectivity index (χ4v) is 1.79. The predicted molar refractivity (Wildman–Crippen MR) is 43.4 cm³/mol. The van der Waals surface area contributed by atoms with E-state index in [0.717, 1.165) is 0 Å². The normalized spacial score (nSPS) is 21.7. The van der Waals surface area contributed by atoms with E-state index < -0.39 is 30.4 Å². The minimum Gasteiger partial charge on any atom is -0.465 e. The molecule has 1 aliphatic rings. The van der Waals surface area contributed by atoms with Crippen LogP contribution in [0.2, 0.25) is 0 Å². The van der Waals surface area contributed by atoms with E-state index in [1.165, 1.54) is 6.33 Å². The summed E-state index contributed by atoms with van der Waals surface area (Å²) in [7, 11) is 0. The molecular weight excluding hydrogens is 210 g/mol. The molecule has 0 aliphatic heterocycles. The molecule has 8 heteroatoms. The van der Waals surface area contributed by atoms with Crippen LogP contribution >= 0.6 is 0 Å². The third-order valence-electron chi connectivity index (χ3n) is 2.34. The number of alkyl halides is 2. The van der Waals surface area contributed by atoms with Crippen LogP contribution in [0.25, 0.3) is 0 Å². The Balaban J connectivity index is 2.23. The second-order valence-corrected chi connectivity index (χ2v) is 3.56. The lowest BCUT2D eigenvalue weighted by Gasteiger charge is -2.45. The number of amides is 1. The molecule has 1 aliphatic carbocycles. The monoisotopic (exact) mass is 218 g/mol. The molecule has 1 amide bonds. The van der Waals surface area contributed by atoms with E-state index in [0.29, 0.717) is 0 Å². The molecule has 1 aromatic heterocycles. The number of nitrogens with one attached hydrogen (secondary N) is 2. The third kappa shape index (κ3) is 1.62. The van der Waals surface area contributed by atoms with E-state index in [1.807, 2.05) is 0 Å². The molecular formula is C7H8F2N4O2. The Labute approximate surface area is 82.7 Å². The van der Waals surface area contributed by atoms with Crippen LogP contribution in [0, 0.1) is 0 Å². The zero-order valence-corrected chi connectivity index (χ0v) is 7.50. The van der Waals surface area contributed by atoms with E-state index in [-0.39, 0.29) is 5.82 Å². The van der Waals surface area contributed by atoms with Gasteiger partial charge in [-0.3, -0.25) is 0 Å². The zero-order valence-electron chi connectivity index (χ0n) is 7.50. The van der Waals surface area contributed by atoms with Gasteiger partial charge >= 0.3 is 6.09 Å². The number of carbonyl (C=O) groups is 1. The van der Waals surface area contributed by atoms with Crippen LogP contribution in [0.5, 0.6) is 0 Å². The molecule has 6 nitrogen and oxygen atoms in total. The van der Waals surface area contributed by atoms with Crippen molar-refractivity contribution in [3.8, 4) is 0 Å². The van der Waals surface area contributed by atoms with Crippen LogP contribution in [-0.2, 0) is 5.54 Å². The Morgan fingerprint density at radius 2 is 2.27 bits per heavy atom. The maximum atomic E-state index is 12.8. The summed E-state index contributed by atoms with van der Waals surface area (Å²) in [6.07, 6.45) is -1.33. The van der Waals surface area contributed by atoms with Gasteiger partial charge in [-0.05, 0) is 0 Å². The molecule has 0 unspecified atom stereocenters. The average Bonchev–Trinajstić information content (AvgIpc) is 2.49. The van der Waals surface area contributed by atoms with Crippen molar-refractivity contribution in [1.82, 2.24) is 20.5 Å². The van der Waals surface area contributed by atoms with Gasteiger partial charge in [0, 0.05) is 12.8 Å². The van der Waals surface area contributed by atoms with E-state index in [1.54, 1.807) is 0 Å². The number of aromatic amines is 1. The van der Waals surface area contributed by atoms with Crippen molar-refractivity contribution in [3.05, 3.63) is 12.2 Å². The molecule has 1 heterocycles. The SMILES string of the molecule is O=C(O)NC1(c2nnc[nH]2)CC(F)(F)C1. The number of rotatable bonds is 2. The number of H-pyrrole nitrogens is 1. The molecule has 82 valence electrons. The lowest BCUT2D eigenvalue weighted by molar-refractivity contribution is -0.137. The van der Waals surface area contributed by atoms with Crippen LogP contribution in [-0.4, -0.2) is 32.3 Å². The molecule has 15 heavy (non-hydrogen) atoms. The average molecular weight is 218 g/mol. The number of hydrogen-bond acceptors (Lipinski definition) is 3. The van der Waals surface area contributed by atoms with E-state index >= 15 is 0 Å². The largest absolute Gasteiger partial charge is 0.465 e. The highest BCUT2D eigenvalue weighted by Crippen LogP contribution is 2.50.